The maximum atomic E-state index is 12.4. The molecule has 0 bridgehead atoms. The minimum absolute atomic E-state index is 0.0379. The van der Waals surface area contributed by atoms with Crippen molar-refractivity contribution in [1.29, 1.82) is 0 Å². The van der Waals surface area contributed by atoms with E-state index < -0.39 is 5.97 Å². The van der Waals surface area contributed by atoms with E-state index in [0.717, 1.165) is 12.8 Å². The van der Waals surface area contributed by atoms with Gasteiger partial charge in [-0.1, -0.05) is 25.3 Å². The Bertz CT molecular complexity index is 871. The Morgan fingerprint density at radius 2 is 1.59 bits per heavy atom. The topological polar surface area (TPSA) is 84.5 Å². The first kappa shape index (κ1) is 20.6. The quantitative estimate of drug-likeness (QED) is 0.546. The third kappa shape index (κ3) is 6.45. The molecule has 2 amide bonds. The van der Waals surface area contributed by atoms with Gasteiger partial charge in [-0.3, -0.25) is 14.4 Å². The van der Waals surface area contributed by atoms with Gasteiger partial charge in [-0.15, -0.1) is 0 Å². The third-order valence-corrected chi connectivity index (χ3v) is 4.98. The Morgan fingerprint density at radius 1 is 0.931 bits per heavy atom. The van der Waals surface area contributed by atoms with Gasteiger partial charge in [0, 0.05) is 30.3 Å². The summed E-state index contributed by atoms with van der Waals surface area (Å²) in [5.41, 5.74) is 1.70. The van der Waals surface area contributed by atoms with Gasteiger partial charge in [-0.25, -0.2) is 0 Å². The zero-order chi connectivity index (χ0) is 20.6. The first-order valence-electron chi connectivity index (χ1n) is 9.99. The van der Waals surface area contributed by atoms with Crippen LogP contribution in [0.5, 0.6) is 5.75 Å². The second kappa shape index (κ2) is 9.87. The molecule has 0 heterocycles. The molecule has 0 spiro atoms. The zero-order valence-electron chi connectivity index (χ0n) is 16.6. The minimum atomic E-state index is -0.441. The zero-order valence-corrected chi connectivity index (χ0v) is 16.6. The third-order valence-electron chi connectivity index (χ3n) is 4.98. The van der Waals surface area contributed by atoms with Gasteiger partial charge in [0.1, 0.15) is 5.75 Å². The molecule has 0 saturated heterocycles. The summed E-state index contributed by atoms with van der Waals surface area (Å²) >= 11 is 0. The van der Waals surface area contributed by atoms with E-state index >= 15 is 0 Å². The smallest absolute Gasteiger partial charge is 0.308 e. The molecule has 1 saturated carbocycles. The molecule has 0 unspecified atom stereocenters. The Kier molecular flexibility index (Phi) is 7.00. The molecular formula is C23H26N2O4. The van der Waals surface area contributed by atoms with E-state index in [1.165, 1.54) is 32.3 Å². The monoisotopic (exact) mass is 394 g/mol. The van der Waals surface area contributed by atoms with Crippen LogP contribution in [0.25, 0.3) is 0 Å². The van der Waals surface area contributed by atoms with Crippen LogP contribution in [0.4, 0.5) is 11.4 Å². The van der Waals surface area contributed by atoms with Crippen molar-refractivity contribution in [2.75, 3.05) is 10.6 Å². The maximum Gasteiger partial charge on any atom is 0.308 e. The second-order valence-corrected chi connectivity index (χ2v) is 7.41. The summed E-state index contributed by atoms with van der Waals surface area (Å²) < 4.78 is 5.00. The Hall–Kier alpha value is -3.15. The van der Waals surface area contributed by atoms with E-state index in [1.807, 2.05) is 0 Å². The van der Waals surface area contributed by atoms with E-state index in [4.69, 9.17) is 4.74 Å². The van der Waals surface area contributed by atoms with Crippen LogP contribution in [-0.4, -0.2) is 17.8 Å². The highest BCUT2D eigenvalue weighted by Gasteiger charge is 2.17. The number of benzene rings is 2. The molecule has 1 aliphatic carbocycles. The van der Waals surface area contributed by atoms with Gasteiger partial charge < -0.3 is 15.4 Å². The Labute approximate surface area is 170 Å². The molecule has 2 aromatic rings. The summed E-state index contributed by atoms with van der Waals surface area (Å²) in [5, 5.41) is 5.72. The highest BCUT2D eigenvalue weighted by Crippen LogP contribution is 2.26. The van der Waals surface area contributed by atoms with Crippen molar-refractivity contribution < 1.29 is 19.1 Å². The normalized spacial score (nSPS) is 14.1. The number of hydrogen-bond acceptors (Lipinski definition) is 4. The van der Waals surface area contributed by atoms with Crippen LogP contribution in [0.15, 0.2) is 48.5 Å². The Balaban J connectivity index is 1.54. The van der Waals surface area contributed by atoms with E-state index in [9.17, 15) is 14.4 Å². The van der Waals surface area contributed by atoms with Gasteiger partial charge in [-0.2, -0.15) is 0 Å². The number of carbonyl (C=O) groups excluding carboxylic acids is 3. The predicted octanol–water partition coefficient (Wildman–Crippen LogP) is 4.77. The molecular weight excluding hydrogens is 368 g/mol. The van der Waals surface area contributed by atoms with Crippen LogP contribution in [0.3, 0.4) is 0 Å². The average Bonchev–Trinajstić information content (AvgIpc) is 2.70. The number of nitrogens with one attached hydrogen (secondary N) is 2. The molecule has 2 aromatic carbocycles. The first-order chi connectivity index (χ1) is 14.0. The molecule has 2 N–H and O–H groups in total. The van der Waals surface area contributed by atoms with Crippen LogP contribution >= 0.6 is 0 Å². The van der Waals surface area contributed by atoms with Crippen LogP contribution < -0.4 is 15.4 Å². The van der Waals surface area contributed by atoms with Crippen molar-refractivity contribution in [3.63, 3.8) is 0 Å². The SMILES string of the molecule is CC(=O)Oc1cccc(C(=O)Nc2ccc(NC(=O)CC3CCCCC3)cc2)c1. The molecule has 1 aliphatic rings. The predicted molar refractivity (Wildman–Crippen MR) is 112 cm³/mol. The van der Waals surface area contributed by atoms with Crippen LogP contribution in [0.2, 0.25) is 0 Å². The molecule has 1 fully saturated rings. The lowest BCUT2D eigenvalue weighted by atomic mass is 9.87. The van der Waals surface area contributed by atoms with E-state index in [-0.39, 0.29) is 11.8 Å². The lowest BCUT2D eigenvalue weighted by Gasteiger charge is -2.20. The van der Waals surface area contributed by atoms with Crippen molar-refractivity contribution >= 4 is 29.2 Å². The number of hydrogen-bond donors (Lipinski definition) is 2. The van der Waals surface area contributed by atoms with Gasteiger partial charge in [0.25, 0.3) is 5.91 Å². The molecule has 0 atom stereocenters. The van der Waals surface area contributed by atoms with Crippen LogP contribution in [-0.2, 0) is 9.59 Å². The number of esters is 1. The van der Waals surface area contributed by atoms with Crippen molar-refractivity contribution in [3.05, 3.63) is 54.1 Å². The summed E-state index contributed by atoms with van der Waals surface area (Å²) in [7, 11) is 0. The number of amides is 2. The minimum Gasteiger partial charge on any atom is -0.427 e. The fourth-order valence-electron chi connectivity index (χ4n) is 3.57. The summed E-state index contributed by atoms with van der Waals surface area (Å²) in [4.78, 5) is 35.7. The van der Waals surface area contributed by atoms with Crippen LogP contribution in [0.1, 0.15) is 55.8 Å². The molecule has 3 rings (SSSR count). The number of ether oxygens (including phenoxy) is 1. The van der Waals surface area contributed by atoms with Gasteiger partial charge in [0.15, 0.2) is 0 Å². The highest BCUT2D eigenvalue weighted by molar-refractivity contribution is 6.04. The summed E-state index contributed by atoms with van der Waals surface area (Å²) in [6, 6.07) is 13.4. The van der Waals surface area contributed by atoms with Crippen LogP contribution in [0, 0.1) is 5.92 Å². The van der Waals surface area contributed by atoms with Gasteiger partial charge in [0.2, 0.25) is 5.91 Å². The van der Waals surface area contributed by atoms with Crippen molar-refractivity contribution in [2.24, 2.45) is 5.92 Å². The number of carbonyl (C=O) groups is 3. The highest BCUT2D eigenvalue weighted by atomic mass is 16.5. The second-order valence-electron chi connectivity index (χ2n) is 7.41. The summed E-state index contributed by atoms with van der Waals surface area (Å²) in [6.07, 6.45) is 6.55. The van der Waals surface area contributed by atoms with E-state index in [0.29, 0.717) is 35.0 Å². The van der Waals surface area contributed by atoms with Gasteiger partial charge in [-0.05, 0) is 61.2 Å². The molecule has 0 aromatic heterocycles. The van der Waals surface area contributed by atoms with E-state index in [2.05, 4.69) is 10.6 Å². The standard InChI is InChI=1S/C23H26N2O4/c1-16(26)29-21-9-5-8-18(15-21)23(28)25-20-12-10-19(11-13-20)24-22(27)14-17-6-3-2-4-7-17/h5,8-13,15,17H,2-4,6-7,14H2,1H3,(H,24,27)(H,25,28). The van der Waals surface area contributed by atoms with Crippen molar-refractivity contribution in [2.45, 2.75) is 45.4 Å². The molecule has 0 aliphatic heterocycles. The van der Waals surface area contributed by atoms with Crippen molar-refractivity contribution in [3.8, 4) is 5.75 Å². The fourth-order valence-corrected chi connectivity index (χ4v) is 3.57. The lowest BCUT2D eigenvalue weighted by Crippen LogP contribution is -2.18. The lowest BCUT2D eigenvalue weighted by molar-refractivity contribution is -0.131. The van der Waals surface area contributed by atoms with Gasteiger partial charge in [0.05, 0.1) is 0 Å². The summed E-state index contributed by atoms with van der Waals surface area (Å²) in [5.74, 6) is 0.0963. The molecule has 0 radical (unpaired) electrons. The molecule has 6 nitrogen and oxygen atoms in total. The largest absolute Gasteiger partial charge is 0.427 e. The maximum absolute atomic E-state index is 12.4. The van der Waals surface area contributed by atoms with Crippen molar-refractivity contribution in [1.82, 2.24) is 0 Å². The summed E-state index contributed by atoms with van der Waals surface area (Å²) in [6.45, 7) is 1.31. The Morgan fingerprint density at radius 3 is 2.24 bits per heavy atom. The number of anilines is 2. The van der Waals surface area contributed by atoms with Gasteiger partial charge >= 0.3 is 5.97 Å². The molecule has 152 valence electrons. The first-order valence-corrected chi connectivity index (χ1v) is 9.99. The number of rotatable bonds is 6. The average molecular weight is 394 g/mol. The molecule has 6 heteroatoms. The van der Waals surface area contributed by atoms with E-state index in [1.54, 1.807) is 42.5 Å². The molecule has 29 heavy (non-hydrogen) atoms. The fraction of sp³-hybridized carbons (Fsp3) is 0.348.